The number of hydrogen-bond donors (Lipinski definition) is 1. The summed E-state index contributed by atoms with van der Waals surface area (Å²) in [5.41, 5.74) is 4.04. The van der Waals surface area contributed by atoms with Crippen molar-refractivity contribution in [3.8, 4) is 5.88 Å². The van der Waals surface area contributed by atoms with E-state index in [0.29, 0.717) is 18.0 Å². The molecular weight excluding hydrogens is 281 g/mol. The predicted octanol–water partition coefficient (Wildman–Crippen LogP) is 3.35. The standard InChI is InChI=1S/C17H16FN3O/c1-10-6-11(8-13(18)7-10)9-14-16(12-2-3-12)20-15-4-5-19-21(15)17(14)22/h4-8,12,22H,2-3,9H2,1H3. The fourth-order valence-corrected chi connectivity index (χ4v) is 2.96. The van der Waals surface area contributed by atoms with Crippen molar-refractivity contribution in [3.05, 3.63) is 58.7 Å². The van der Waals surface area contributed by atoms with Crippen LogP contribution >= 0.6 is 0 Å². The van der Waals surface area contributed by atoms with E-state index in [-0.39, 0.29) is 11.7 Å². The number of benzene rings is 1. The van der Waals surface area contributed by atoms with Crippen LogP contribution in [0.2, 0.25) is 0 Å². The van der Waals surface area contributed by atoms with Gasteiger partial charge in [-0.1, -0.05) is 6.07 Å². The average molecular weight is 297 g/mol. The van der Waals surface area contributed by atoms with Crippen LogP contribution in [0.15, 0.2) is 30.5 Å². The highest BCUT2D eigenvalue weighted by atomic mass is 19.1. The minimum absolute atomic E-state index is 0.110. The molecule has 1 N–H and O–H groups in total. The average Bonchev–Trinajstić information content (AvgIpc) is 3.19. The molecule has 22 heavy (non-hydrogen) atoms. The van der Waals surface area contributed by atoms with Crippen molar-refractivity contribution >= 4 is 5.65 Å². The summed E-state index contributed by atoms with van der Waals surface area (Å²) in [4.78, 5) is 4.65. The van der Waals surface area contributed by atoms with Crippen LogP contribution in [-0.2, 0) is 6.42 Å². The Hall–Kier alpha value is -2.43. The molecule has 1 saturated carbocycles. The molecule has 1 aromatic carbocycles. The smallest absolute Gasteiger partial charge is 0.219 e. The summed E-state index contributed by atoms with van der Waals surface area (Å²) < 4.78 is 15.0. The maximum atomic E-state index is 13.6. The Kier molecular flexibility index (Phi) is 2.89. The van der Waals surface area contributed by atoms with Crippen LogP contribution in [-0.4, -0.2) is 19.7 Å². The summed E-state index contributed by atoms with van der Waals surface area (Å²) in [7, 11) is 0. The van der Waals surface area contributed by atoms with Gasteiger partial charge in [-0.25, -0.2) is 9.37 Å². The molecule has 0 radical (unpaired) electrons. The second kappa shape index (κ2) is 4.80. The zero-order valence-electron chi connectivity index (χ0n) is 12.3. The summed E-state index contributed by atoms with van der Waals surface area (Å²) in [6.07, 6.45) is 4.26. The third kappa shape index (κ3) is 2.22. The van der Waals surface area contributed by atoms with Crippen molar-refractivity contribution in [3.63, 3.8) is 0 Å². The van der Waals surface area contributed by atoms with Crippen LogP contribution in [0.4, 0.5) is 4.39 Å². The van der Waals surface area contributed by atoms with E-state index < -0.39 is 0 Å². The third-order valence-corrected chi connectivity index (χ3v) is 4.08. The van der Waals surface area contributed by atoms with Gasteiger partial charge in [0.1, 0.15) is 5.82 Å². The Morgan fingerprint density at radius 1 is 1.32 bits per heavy atom. The Bertz CT molecular complexity index is 847. The molecule has 112 valence electrons. The summed E-state index contributed by atoms with van der Waals surface area (Å²) in [6.45, 7) is 1.86. The molecule has 0 amide bonds. The van der Waals surface area contributed by atoms with Gasteiger partial charge in [-0.15, -0.1) is 0 Å². The number of aromatic nitrogens is 3. The maximum Gasteiger partial charge on any atom is 0.219 e. The van der Waals surface area contributed by atoms with Crippen LogP contribution in [0.1, 0.15) is 41.1 Å². The van der Waals surface area contributed by atoms with Gasteiger partial charge in [-0.3, -0.25) is 0 Å². The van der Waals surface area contributed by atoms with Gasteiger partial charge in [0, 0.05) is 24.0 Å². The van der Waals surface area contributed by atoms with Crippen molar-refractivity contribution in [1.29, 1.82) is 0 Å². The van der Waals surface area contributed by atoms with Gasteiger partial charge in [-0.05, 0) is 43.0 Å². The molecule has 1 aliphatic carbocycles. The van der Waals surface area contributed by atoms with E-state index in [1.165, 1.54) is 16.6 Å². The predicted molar refractivity (Wildman–Crippen MR) is 80.6 cm³/mol. The fourth-order valence-electron chi connectivity index (χ4n) is 2.96. The summed E-state index contributed by atoms with van der Waals surface area (Å²) in [6, 6.07) is 6.73. The molecule has 0 unspecified atom stereocenters. The van der Waals surface area contributed by atoms with Crippen LogP contribution in [0.3, 0.4) is 0 Å². The van der Waals surface area contributed by atoms with Crippen molar-refractivity contribution in [2.24, 2.45) is 0 Å². The Morgan fingerprint density at radius 3 is 2.86 bits per heavy atom. The van der Waals surface area contributed by atoms with E-state index in [2.05, 4.69) is 10.1 Å². The molecule has 5 heteroatoms. The molecule has 3 aromatic rings. The van der Waals surface area contributed by atoms with Gasteiger partial charge in [0.25, 0.3) is 0 Å². The number of aryl methyl sites for hydroxylation is 1. The van der Waals surface area contributed by atoms with E-state index in [1.54, 1.807) is 12.3 Å². The molecule has 2 aromatic heterocycles. The molecule has 1 aliphatic rings. The molecule has 0 spiro atoms. The van der Waals surface area contributed by atoms with E-state index in [9.17, 15) is 9.50 Å². The van der Waals surface area contributed by atoms with Crippen LogP contribution in [0.5, 0.6) is 5.88 Å². The lowest BCUT2D eigenvalue weighted by Gasteiger charge is -2.12. The Balaban J connectivity index is 1.85. The maximum absolute atomic E-state index is 13.6. The first-order valence-electron chi connectivity index (χ1n) is 7.43. The molecule has 0 aliphatic heterocycles. The zero-order chi connectivity index (χ0) is 15.3. The van der Waals surface area contributed by atoms with Crippen molar-refractivity contribution in [2.45, 2.75) is 32.1 Å². The highest BCUT2D eigenvalue weighted by Gasteiger charge is 2.30. The van der Waals surface area contributed by atoms with Crippen molar-refractivity contribution in [2.75, 3.05) is 0 Å². The van der Waals surface area contributed by atoms with Crippen molar-refractivity contribution < 1.29 is 9.50 Å². The molecule has 1 fully saturated rings. The van der Waals surface area contributed by atoms with Gasteiger partial charge in [-0.2, -0.15) is 9.61 Å². The summed E-state index contributed by atoms with van der Waals surface area (Å²) in [5.74, 6) is 0.254. The van der Waals surface area contributed by atoms with Crippen LogP contribution < -0.4 is 0 Å². The van der Waals surface area contributed by atoms with Gasteiger partial charge in [0.2, 0.25) is 5.88 Å². The number of halogens is 1. The van der Waals surface area contributed by atoms with E-state index in [4.69, 9.17) is 0 Å². The summed E-state index contributed by atoms with van der Waals surface area (Å²) in [5, 5.41) is 14.7. The monoisotopic (exact) mass is 297 g/mol. The topological polar surface area (TPSA) is 50.4 Å². The number of aromatic hydroxyl groups is 1. The largest absolute Gasteiger partial charge is 0.493 e. The van der Waals surface area contributed by atoms with Gasteiger partial charge in [0.05, 0.1) is 11.9 Å². The zero-order valence-corrected chi connectivity index (χ0v) is 12.3. The molecule has 4 nitrogen and oxygen atoms in total. The highest BCUT2D eigenvalue weighted by molar-refractivity contribution is 5.48. The summed E-state index contributed by atoms with van der Waals surface area (Å²) >= 11 is 0. The second-order valence-corrected chi connectivity index (χ2v) is 5.99. The first kappa shape index (κ1) is 13.2. The lowest BCUT2D eigenvalue weighted by molar-refractivity contribution is 0.427. The normalized spacial score (nSPS) is 14.6. The first-order valence-corrected chi connectivity index (χ1v) is 7.43. The fraction of sp³-hybridized carbons (Fsp3) is 0.294. The van der Waals surface area contributed by atoms with Gasteiger partial charge in [0.15, 0.2) is 5.65 Å². The number of fused-ring (bicyclic) bond motifs is 1. The molecule has 0 bridgehead atoms. The molecular formula is C17H16FN3O. The number of rotatable bonds is 3. The van der Waals surface area contributed by atoms with Gasteiger partial charge >= 0.3 is 0 Å². The number of nitrogens with zero attached hydrogens (tertiary/aromatic N) is 3. The molecule has 4 rings (SSSR count). The van der Waals surface area contributed by atoms with Crippen LogP contribution in [0, 0.1) is 12.7 Å². The Morgan fingerprint density at radius 2 is 2.14 bits per heavy atom. The minimum atomic E-state index is -0.254. The first-order chi connectivity index (χ1) is 10.6. The lowest BCUT2D eigenvalue weighted by atomic mass is 10.0. The third-order valence-electron chi connectivity index (χ3n) is 4.08. The Labute approximate surface area is 127 Å². The van der Waals surface area contributed by atoms with Gasteiger partial charge < -0.3 is 5.11 Å². The number of hydrogen-bond acceptors (Lipinski definition) is 3. The quantitative estimate of drug-likeness (QED) is 0.806. The van der Waals surface area contributed by atoms with E-state index >= 15 is 0 Å². The lowest BCUT2D eigenvalue weighted by Crippen LogP contribution is -2.04. The molecule has 0 saturated heterocycles. The van der Waals surface area contributed by atoms with E-state index in [1.807, 2.05) is 13.0 Å². The highest BCUT2D eigenvalue weighted by Crippen LogP contribution is 2.43. The minimum Gasteiger partial charge on any atom is -0.493 e. The molecule has 0 atom stereocenters. The van der Waals surface area contributed by atoms with Crippen molar-refractivity contribution in [1.82, 2.24) is 14.6 Å². The van der Waals surface area contributed by atoms with E-state index in [0.717, 1.165) is 35.2 Å². The second-order valence-electron chi connectivity index (χ2n) is 5.99. The molecule has 2 heterocycles. The SMILES string of the molecule is Cc1cc(F)cc(Cc2c(C3CC3)nc3ccnn3c2O)c1. The van der Waals surface area contributed by atoms with Crippen LogP contribution in [0.25, 0.3) is 5.65 Å².